The van der Waals surface area contributed by atoms with Crippen molar-refractivity contribution in [1.82, 2.24) is 30.3 Å². The fraction of sp³-hybridized carbons (Fsp3) is 0.738. The van der Waals surface area contributed by atoms with Crippen LogP contribution >= 0.6 is 11.3 Å². The monoisotopic (exact) mass is 789 g/mol. The van der Waals surface area contributed by atoms with Crippen molar-refractivity contribution in [2.75, 3.05) is 41.4 Å². The molecule has 2 N–H and O–H groups in total. The minimum absolute atomic E-state index is 0.00962. The lowest BCUT2D eigenvalue weighted by Gasteiger charge is -2.41. The number of carbonyl (C=O) groups is 4. The number of methoxy groups -OCH3 is 2. The molecule has 2 heterocycles. The van der Waals surface area contributed by atoms with Crippen molar-refractivity contribution in [3.8, 4) is 0 Å². The number of likely N-dealkylation sites (N-methyl/N-ethyl adjacent to an activating group) is 2. The maximum Gasteiger partial charge on any atom is 0.245 e. The van der Waals surface area contributed by atoms with E-state index in [4.69, 9.17) is 9.47 Å². The average molecular weight is 789 g/mol. The number of likely N-dealkylation sites (tertiary alicyclic amines) is 1. The quantitative estimate of drug-likeness (QED) is 0.132. The van der Waals surface area contributed by atoms with E-state index >= 15 is 0 Å². The molecule has 0 aliphatic carbocycles. The first-order chi connectivity index (χ1) is 26.0. The predicted octanol–water partition coefficient (Wildman–Crippen LogP) is 5.86. The summed E-state index contributed by atoms with van der Waals surface area (Å²) in [5.41, 5.74) is 1.00. The summed E-state index contributed by atoms with van der Waals surface area (Å²) in [5, 5.41) is 8.98. The molecule has 9 atom stereocenters. The first-order valence-corrected chi connectivity index (χ1v) is 21.0. The molecule has 1 fully saturated rings. The Morgan fingerprint density at radius 3 is 2.18 bits per heavy atom. The van der Waals surface area contributed by atoms with Crippen LogP contribution in [0.3, 0.4) is 0 Å². The molecular weight excluding hydrogens is 717 g/mol. The molecule has 1 aromatic heterocycles. The van der Waals surface area contributed by atoms with E-state index in [9.17, 15) is 19.2 Å². The lowest BCUT2D eigenvalue weighted by molar-refractivity contribution is -0.148. The van der Waals surface area contributed by atoms with Crippen LogP contribution in [-0.2, 0) is 28.7 Å². The van der Waals surface area contributed by atoms with Gasteiger partial charge in [-0.25, -0.2) is 4.98 Å². The number of allylic oxidation sites excluding steroid dienone is 2. The number of ether oxygens (including phenoxy) is 2. The lowest BCUT2D eigenvalue weighted by Crippen LogP contribution is -2.60. The highest BCUT2D eigenvalue weighted by molar-refractivity contribution is 7.09. The highest BCUT2D eigenvalue weighted by atomic mass is 32.1. The largest absolute Gasteiger partial charge is 0.379 e. The molecule has 312 valence electrons. The van der Waals surface area contributed by atoms with Gasteiger partial charge in [-0.05, 0) is 57.5 Å². The predicted molar refractivity (Wildman–Crippen MR) is 221 cm³/mol. The van der Waals surface area contributed by atoms with E-state index in [0.29, 0.717) is 25.9 Å². The molecule has 1 saturated heterocycles. The highest BCUT2D eigenvalue weighted by Gasteiger charge is 2.43. The van der Waals surface area contributed by atoms with Crippen LogP contribution in [0.5, 0.6) is 0 Å². The van der Waals surface area contributed by atoms with Crippen LogP contribution in [0, 0.1) is 23.7 Å². The van der Waals surface area contributed by atoms with Crippen molar-refractivity contribution < 1.29 is 28.7 Å². The maximum atomic E-state index is 14.3. The molecule has 55 heavy (non-hydrogen) atoms. The van der Waals surface area contributed by atoms with Crippen LogP contribution in [-0.4, -0.2) is 121 Å². The van der Waals surface area contributed by atoms with E-state index in [-0.39, 0.29) is 65.9 Å². The number of hydrogen-bond donors (Lipinski definition) is 2. The van der Waals surface area contributed by atoms with Gasteiger partial charge in [-0.2, -0.15) is 0 Å². The van der Waals surface area contributed by atoms with Gasteiger partial charge in [0.05, 0.1) is 48.7 Å². The molecule has 0 radical (unpaired) electrons. The van der Waals surface area contributed by atoms with Gasteiger partial charge in [0.15, 0.2) is 0 Å². The average Bonchev–Trinajstić information content (AvgIpc) is 3.88. The van der Waals surface area contributed by atoms with Crippen LogP contribution in [0.1, 0.15) is 105 Å². The zero-order valence-electron chi connectivity index (χ0n) is 36.0. The van der Waals surface area contributed by atoms with Crippen molar-refractivity contribution in [1.29, 1.82) is 0 Å². The molecule has 1 aliphatic heterocycles. The number of rotatable bonds is 23. The number of nitrogens with one attached hydrogen (secondary N) is 2. The minimum atomic E-state index is -0.752. The second kappa shape index (κ2) is 23.2. The highest BCUT2D eigenvalue weighted by Crippen LogP contribution is 2.31. The SMILES string of the molecule is C=C/C(=C\C)C[C@H](NC(=O)[C@H](C)C(OC)[C@@H]1CCCN1C(=O)C[C@@H](OC)C(C(C)CC)N(C)C(=O)[C@@H](NC(=O)[C@H](C(C)C)N(C)CC)C(C)C)c1nccs1. The maximum absolute atomic E-state index is 14.3. The van der Waals surface area contributed by atoms with Crippen molar-refractivity contribution >= 4 is 35.0 Å². The number of nitrogens with zero attached hydrogens (tertiary/aromatic N) is 4. The van der Waals surface area contributed by atoms with Gasteiger partial charge < -0.3 is 29.9 Å². The van der Waals surface area contributed by atoms with E-state index in [0.717, 1.165) is 23.4 Å². The molecule has 13 heteroatoms. The van der Waals surface area contributed by atoms with Gasteiger partial charge >= 0.3 is 0 Å². The molecule has 1 aliphatic rings. The lowest BCUT2D eigenvalue weighted by atomic mass is 9.89. The Hall–Kier alpha value is -3.13. The first-order valence-electron chi connectivity index (χ1n) is 20.1. The molecule has 0 spiro atoms. The number of aromatic nitrogens is 1. The summed E-state index contributed by atoms with van der Waals surface area (Å²) in [5.74, 6) is -1.36. The first kappa shape index (κ1) is 48.0. The Bertz CT molecular complexity index is 1400. The molecule has 0 aromatic carbocycles. The molecule has 4 amide bonds. The van der Waals surface area contributed by atoms with Gasteiger partial charge in [0.2, 0.25) is 23.6 Å². The van der Waals surface area contributed by atoms with Gasteiger partial charge in [0.25, 0.3) is 0 Å². The van der Waals surface area contributed by atoms with Crippen molar-refractivity contribution in [2.45, 2.75) is 137 Å². The number of amides is 4. The normalized spacial score (nSPS) is 19.4. The number of carbonyl (C=O) groups excluding carboxylic acids is 4. The Balaban J connectivity index is 2.31. The van der Waals surface area contributed by atoms with Crippen LogP contribution in [0.15, 0.2) is 35.9 Å². The number of thiazole rings is 1. The third-order valence-corrected chi connectivity index (χ3v) is 12.4. The Kier molecular flexibility index (Phi) is 20.2. The fourth-order valence-electron chi connectivity index (χ4n) is 7.95. The zero-order valence-corrected chi connectivity index (χ0v) is 36.8. The summed E-state index contributed by atoms with van der Waals surface area (Å²) in [7, 11) is 6.84. The van der Waals surface area contributed by atoms with E-state index in [1.165, 1.54) is 11.3 Å². The molecule has 3 unspecified atom stereocenters. The van der Waals surface area contributed by atoms with Crippen molar-refractivity contribution in [2.24, 2.45) is 23.7 Å². The molecule has 2 rings (SSSR count). The Morgan fingerprint density at radius 2 is 1.69 bits per heavy atom. The van der Waals surface area contributed by atoms with Crippen LogP contribution < -0.4 is 10.6 Å². The summed E-state index contributed by atoms with van der Waals surface area (Å²) in [4.78, 5) is 66.0. The molecule has 0 saturated carbocycles. The van der Waals surface area contributed by atoms with Crippen LogP contribution in [0.4, 0.5) is 0 Å². The second-order valence-electron chi connectivity index (χ2n) is 15.8. The summed E-state index contributed by atoms with van der Waals surface area (Å²) >= 11 is 1.49. The van der Waals surface area contributed by atoms with Gasteiger partial charge in [-0.15, -0.1) is 11.3 Å². The molecule has 0 bridgehead atoms. The van der Waals surface area contributed by atoms with Crippen LogP contribution in [0.2, 0.25) is 0 Å². The minimum Gasteiger partial charge on any atom is -0.379 e. The van der Waals surface area contributed by atoms with E-state index in [1.54, 1.807) is 38.4 Å². The molecule has 1 aromatic rings. The standard InChI is InChI=1S/C42H72N6O6S/c1-15-28(9)37(47(12)42(52)35(26(5)6)45-40(51)36(27(7)8)46(11)18-4)33(53-13)25-34(49)48-22-19-20-32(48)38(54-14)29(10)39(50)44-31(24-30(16-2)17-3)41-43-21-23-55-41/h16-17,21,23,26-29,31-33,35-38H,2,15,18-20,22,24-25H2,1,3-14H3,(H,44,50)(H,45,51)/b30-17+/t28?,29-,31+,32+,33-,35+,36+,37?,38?/m1/s1. The van der Waals surface area contributed by atoms with Crippen LogP contribution in [0.25, 0.3) is 0 Å². The fourth-order valence-corrected chi connectivity index (χ4v) is 8.64. The third kappa shape index (κ3) is 12.7. The topological polar surface area (TPSA) is 133 Å². The van der Waals surface area contributed by atoms with E-state index in [2.05, 4.69) is 36.0 Å². The Morgan fingerprint density at radius 1 is 1.02 bits per heavy atom. The van der Waals surface area contributed by atoms with Gasteiger partial charge in [0.1, 0.15) is 11.0 Å². The van der Waals surface area contributed by atoms with Gasteiger partial charge in [0, 0.05) is 39.4 Å². The third-order valence-electron chi connectivity index (χ3n) is 11.5. The summed E-state index contributed by atoms with van der Waals surface area (Å²) in [6.45, 7) is 22.9. The molecular formula is C42H72N6O6S. The summed E-state index contributed by atoms with van der Waals surface area (Å²) in [6.07, 6.45) is 7.18. The summed E-state index contributed by atoms with van der Waals surface area (Å²) < 4.78 is 12.1. The second-order valence-corrected chi connectivity index (χ2v) is 16.7. The van der Waals surface area contributed by atoms with E-state index < -0.39 is 30.2 Å². The van der Waals surface area contributed by atoms with Gasteiger partial charge in [-0.3, -0.25) is 24.1 Å². The van der Waals surface area contributed by atoms with Gasteiger partial charge in [-0.1, -0.05) is 86.1 Å². The van der Waals surface area contributed by atoms with Crippen molar-refractivity contribution in [3.63, 3.8) is 0 Å². The zero-order chi connectivity index (χ0) is 41.6. The number of hydrogen-bond acceptors (Lipinski definition) is 9. The molecule has 12 nitrogen and oxygen atoms in total. The smallest absolute Gasteiger partial charge is 0.245 e. The van der Waals surface area contributed by atoms with Crippen molar-refractivity contribution in [3.05, 3.63) is 40.9 Å². The Labute approximate surface area is 335 Å². The summed E-state index contributed by atoms with van der Waals surface area (Å²) in [6, 6.07) is -2.20. The van der Waals surface area contributed by atoms with E-state index in [1.807, 2.05) is 76.8 Å².